The maximum Gasteiger partial charge on any atom is 0.312 e. The molecule has 0 amide bonds. The molecule has 1 unspecified atom stereocenters. The summed E-state index contributed by atoms with van der Waals surface area (Å²) >= 11 is 6.02. The third-order valence-electron chi connectivity index (χ3n) is 2.59. The van der Waals surface area contributed by atoms with E-state index >= 15 is 0 Å². The number of nitrogens with one attached hydrogen (secondary N) is 1. The van der Waals surface area contributed by atoms with Gasteiger partial charge >= 0.3 is 5.97 Å². The van der Waals surface area contributed by atoms with Crippen LogP contribution >= 0.6 is 11.6 Å². The molecular formula is C12H16ClNO3. The number of hydrogen-bond donors (Lipinski definition) is 2. The van der Waals surface area contributed by atoms with Crippen LogP contribution in [0, 0.1) is 6.92 Å². The molecule has 0 radical (unpaired) electrons. The molecule has 0 aliphatic carbocycles. The second-order valence-electron chi connectivity index (χ2n) is 3.79. The first-order chi connectivity index (χ1) is 8.01. The molecule has 1 rings (SSSR count). The molecule has 17 heavy (non-hydrogen) atoms. The molecule has 5 heteroatoms. The van der Waals surface area contributed by atoms with Crippen LogP contribution in [0.5, 0.6) is 5.75 Å². The van der Waals surface area contributed by atoms with Crippen molar-refractivity contribution >= 4 is 17.6 Å². The zero-order valence-corrected chi connectivity index (χ0v) is 10.8. The Morgan fingerprint density at radius 3 is 2.71 bits per heavy atom. The maximum absolute atomic E-state index is 11.2. The average molecular weight is 258 g/mol. The standard InChI is InChI=1S/C12H16ClNO3/c1-7-4-11(17-3)8(5-10(7)13)9(6-14-2)12(15)16/h4-5,9,14H,6H2,1-3H3,(H,15,16). The van der Waals surface area contributed by atoms with Gasteiger partial charge in [-0.25, -0.2) is 0 Å². The number of methoxy groups -OCH3 is 1. The summed E-state index contributed by atoms with van der Waals surface area (Å²) in [5.41, 5.74) is 1.45. The van der Waals surface area contributed by atoms with Gasteiger partial charge in [-0.3, -0.25) is 4.79 Å². The Labute approximate surface area is 106 Å². The SMILES string of the molecule is CNCC(C(=O)O)c1cc(Cl)c(C)cc1OC. The smallest absolute Gasteiger partial charge is 0.312 e. The van der Waals surface area contributed by atoms with E-state index in [1.54, 1.807) is 19.2 Å². The summed E-state index contributed by atoms with van der Waals surface area (Å²) in [5.74, 6) is -1.03. The first-order valence-electron chi connectivity index (χ1n) is 5.22. The Hall–Kier alpha value is -1.26. The van der Waals surface area contributed by atoms with Crippen LogP contribution < -0.4 is 10.1 Å². The quantitative estimate of drug-likeness (QED) is 0.848. The normalized spacial score (nSPS) is 12.2. The van der Waals surface area contributed by atoms with E-state index in [1.165, 1.54) is 7.11 Å². The van der Waals surface area contributed by atoms with Gasteiger partial charge in [0.25, 0.3) is 0 Å². The van der Waals surface area contributed by atoms with Gasteiger partial charge in [0.1, 0.15) is 5.75 Å². The van der Waals surface area contributed by atoms with Gasteiger partial charge in [-0.05, 0) is 31.7 Å². The van der Waals surface area contributed by atoms with Gasteiger partial charge in [-0.15, -0.1) is 0 Å². The Morgan fingerprint density at radius 1 is 1.59 bits per heavy atom. The van der Waals surface area contributed by atoms with Crippen molar-refractivity contribution in [2.24, 2.45) is 0 Å². The lowest BCUT2D eigenvalue weighted by Crippen LogP contribution is -2.24. The van der Waals surface area contributed by atoms with Gasteiger partial charge in [0, 0.05) is 17.1 Å². The molecule has 4 nitrogen and oxygen atoms in total. The minimum Gasteiger partial charge on any atom is -0.496 e. The van der Waals surface area contributed by atoms with Crippen molar-refractivity contribution in [2.45, 2.75) is 12.8 Å². The summed E-state index contributed by atoms with van der Waals surface area (Å²) in [6, 6.07) is 3.41. The van der Waals surface area contributed by atoms with Gasteiger partial charge < -0.3 is 15.2 Å². The van der Waals surface area contributed by atoms with Gasteiger partial charge in [0.05, 0.1) is 13.0 Å². The zero-order chi connectivity index (χ0) is 13.0. The highest BCUT2D eigenvalue weighted by Gasteiger charge is 2.23. The van der Waals surface area contributed by atoms with Crippen molar-refractivity contribution in [3.63, 3.8) is 0 Å². The van der Waals surface area contributed by atoms with Crippen LogP contribution in [0.2, 0.25) is 5.02 Å². The molecule has 0 aliphatic heterocycles. The number of aryl methyl sites for hydroxylation is 1. The highest BCUT2D eigenvalue weighted by atomic mass is 35.5. The number of ether oxygens (including phenoxy) is 1. The van der Waals surface area contributed by atoms with Gasteiger partial charge in [0.2, 0.25) is 0 Å². The number of carbonyl (C=O) groups is 1. The Morgan fingerprint density at radius 2 is 2.24 bits per heavy atom. The lowest BCUT2D eigenvalue weighted by atomic mass is 9.97. The van der Waals surface area contributed by atoms with Crippen molar-refractivity contribution in [1.29, 1.82) is 0 Å². The molecular weight excluding hydrogens is 242 g/mol. The van der Waals surface area contributed by atoms with Gasteiger partial charge in [-0.2, -0.15) is 0 Å². The fourth-order valence-electron chi connectivity index (χ4n) is 1.65. The number of halogens is 1. The fourth-order valence-corrected chi connectivity index (χ4v) is 1.83. The number of rotatable bonds is 5. The van der Waals surface area contributed by atoms with E-state index in [2.05, 4.69) is 5.32 Å². The molecule has 0 heterocycles. The summed E-state index contributed by atoms with van der Waals surface area (Å²) in [5, 5.41) is 12.6. The molecule has 0 aromatic heterocycles. The Kier molecular flexibility index (Phi) is 4.78. The number of carboxylic acids is 1. The molecule has 0 aliphatic rings. The van der Waals surface area contributed by atoms with Gasteiger partial charge in [0.15, 0.2) is 0 Å². The lowest BCUT2D eigenvalue weighted by molar-refractivity contribution is -0.138. The minimum absolute atomic E-state index is 0.324. The number of aliphatic carboxylic acids is 1. The molecule has 1 aromatic rings. The molecule has 1 atom stereocenters. The zero-order valence-electron chi connectivity index (χ0n) is 10.1. The van der Waals surface area contributed by atoms with Crippen LogP contribution in [0.3, 0.4) is 0 Å². The van der Waals surface area contributed by atoms with E-state index in [9.17, 15) is 9.90 Å². The second kappa shape index (κ2) is 5.89. The fraction of sp³-hybridized carbons (Fsp3) is 0.417. The number of likely N-dealkylation sites (N-methyl/N-ethyl adjacent to an activating group) is 1. The topological polar surface area (TPSA) is 58.6 Å². The van der Waals surface area contributed by atoms with Crippen LogP contribution in [-0.2, 0) is 4.79 Å². The van der Waals surface area contributed by atoms with Gasteiger partial charge in [-0.1, -0.05) is 11.6 Å². The molecule has 0 saturated heterocycles. The summed E-state index contributed by atoms with van der Waals surface area (Å²) in [6.45, 7) is 2.17. The molecule has 0 bridgehead atoms. The van der Waals surface area contributed by atoms with Crippen molar-refractivity contribution in [2.75, 3.05) is 20.7 Å². The van der Waals surface area contributed by atoms with Crippen LogP contribution in [0.1, 0.15) is 17.0 Å². The molecule has 2 N–H and O–H groups in total. The minimum atomic E-state index is -0.905. The summed E-state index contributed by atoms with van der Waals surface area (Å²) in [4.78, 5) is 11.2. The van der Waals surface area contributed by atoms with E-state index in [4.69, 9.17) is 16.3 Å². The van der Waals surface area contributed by atoms with E-state index in [1.807, 2.05) is 6.92 Å². The Balaban J connectivity index is 3.25. The number of benzene rings is 1. The number of carboxylic acid groups (broad SMARTS) is 1. The monoisotopic (exact) mass is 257 g/mol. The molecule has 0 spiro atoms. The predicted octanol–water partition coefficient (Wildman–Crippen LogP) is 2.04. The van der Waals surface area contributed by atoms with Crippen molar-refractivity contribution < 1.29 is 14.6 Å². The molecule has 0 fully saturated rings. The molecule has 0 saturated carbocycles. The predicted molar refractivity (Wildman–Crippen MR) is 67.0 cm³/mol. The first-order valence-corrected chi connectivity index (χ1v) is 5.60. The highest BCUT2D eigenvalue weighted by molar-refractivity contribution is 6.31. The second-order valence-corrected chi connectivity index (χ2v) is 4.20. The first kappa shape index (κ1) is 13.8. The molecule has 1 aromatic carbocycles. The third kappa shape index (κ3) is 3.11. The summed E-state index contributed by atoms with van der Waals surface area (Å²) in [7, 11) is 3.22. The van der Waals surface area contributed by atoms with E-state index in [-0.39, 0.29) is 0 Å². The van der Waals surface area contributed by atoms with Crippen LogP contribution in [0.15, 0.2) is 12.1 Å². The van der Waals surface area contributed by atoms with Crippen LogP contribution in [0.4, 0.5) is 0 Å². The van der Waals surface area contributed by atoms with Crippen LogP contribution in [0.25, 0.3) is 0 Å². The maximum atomic E-state index is 11.2. The molecule has 94 valence electrons. The summed E-state index contributed by atoms with van der Waals surface area (Å²) < 4.78 is 5.21. The van der Waals surface area contributed by atoms with Crippen molar-refractivity contribution in [1.82, 2.24) is 5.32 Å². The van der Waals surface area contributed by atoms with E-state index in [0.29, 0.717) is 22.9 Å². The number of hydrogen-bond acceptors (Lipinski definition) is 3. The van der Waals surface area contributed by atoms with E-state index < -0.39 is 11.9 Å². The largest absolute Gasteiger partial charge is 0.496 e. The van der Waals surface area contributed by atoms with Crippen molar-refractivity contribution in [3.05, 3.63) is 28.3 Å². The lowest BCUT2D eigenvalue weighted by Gasteiger charge is -2.17. The van der Waals surface area contributed by atoms with Crippen molar-refractivity contribution in [3.8, 4) is 5.75 Å². The Bertz CT molecular complexity index is 420. The third-order valence-corrected chi connectivity index (χ3v) is 3.00. The summed E-state index contributed by atoms with van der Waals surface area (Å²) in [6.07, 6.45) is 0. The highest BCUT2D eigenvalue weighted by Crippen LogP contribution is 2.32. The van der Waals surface area contributed by atoms with Crippen LogP contribution in [-0.4, -0.2) is 31.8 Å². The van der Waals surface area contributed by atoms with E-state index in [0.717, 1.165) is 5.56 Å². The average Bonchev–Trinajstić information content (AvgIpc) is 2.29.